The number of benzene rings is 1. The number of hydrogen-bond acceptors (Lipinski definition) is 6. The fourth-order valence-electron chi connectivity index (χ4n) is 3.00. The van der Waals surface area contributed by atoms with Crippen LogP contribution in [0.1, 0.15) is 55.5 Å². The third kappa shape index (κ3) is 4.71. The van der Waals surface area contributed by atoms with Crippen LogP contribution in [0.25, 0.3) is 0 Å². The molecule has 0 atom stereocenters. The van der Waals surface area contributed by atoms with Gasteiger partial charge in [0.25, 0.3) is 5.69 Å². The Bertz CT molecular complexity index is 702. The van der Waals surface area contributed by atoms with Crippen LogP contribution in [-0.2, 0) is 9.47 Å². The van der Waals surface area contributed by atoms with Gasteiger partial charge in [-0.05, 0) is 45.1 Å². The van der Waals surface area contributed by atoms with Gasteiger partial charge in [-0.2, -0.15) is 0 Å². The first-order valence-electron chi connectivity index (χ1n) is 8.47. The van der Waals surface area contributed by atoms with Gasteiger partial charge in [0.15, 0.2) is 0 Å². The topological polar surface area (TPSA) is 99.0 Å². The maximum atomic E-state index is 12.2. The van der Waals surface area contributed by atoms with Gasteiger partial charge in [0, 0.05) is 25.2 Å². The minimum atomic E-state index is -0.599. The lowest BCUT2D eigenvalue weighted by atomic mass is 9.86. The van der Waals surface area contributed by atoms with Gasteiger partial charge in [-0.25, -0.2) is 9.59 Å². The fourth-order valence-corrected chi connectivity index (χ4v) is 3.00. The van der Waals surface area contributed by atoms with Crippen molar-refractivity contribution in [1.29, 1.82) is 0 Å². The maximum absolute atomic E-state index is 12.2. The second kappa shape index (κ2) is 7.72. The van der Waals surface area contributed by atoms with Crippen LogP contribution < -0.4 is 0 Å². The summed E-state index contributed by atoms with van der Waals surface area (Å²) in [6.45, 7) is 6.44. The summed E-state index contributed by atoms with van der Waals surface area (Å²) in [6, 6.07) is 4.25. The number of hydrogen-bond donors (Lipinski definition) is 0. The molecule has 26 heavy (non-hydrogen) atoms. The standard InChI is InChI=1S/C18H24N2O6/c1-18(2,3)26-17(22)19-9-7-12(8-10-19)14-6-5-13(20(23)24)11-15(14)16(21)25-4/h5-6,11-12H,7-10H2,1-4H3. The van der Waals surface area contributed by atoms with Gasteiger partial charge in [0.1, 0.15) is 5.60 Å². The van der Waals surface area contributed by atoms with Crippen LogP contribution >= 0.6 is 0 Å². The Morgan fingerprint density at radius 2 is 1.85 bits per heavy atom. The number of carbonyl (C=O) groups excluding carboxylic acids is 2. The first kappa shape index (κ1) is 19.7. The number of likely N-dealkylation sites (tertiary alicyclic amines) is 1. The van der Waals surface area contributed by atoms with Crippen molar-refractivity contribution >= 4 is 17.7 Å². The van der Waals surface area contributed by atoms with Gasteiger partial charge in [0.05, 0.1) is 17.6 Å². The molecule has 1 aromatic rings. The van der Waals surface area contributed by atoms with Crippen molar-refractivity contribution in [3.63, 3.8) is 0 Å². The predicted molar refractivity (Wildman–Crippen MR) is 94.2 cm³/mol. The van der Waals surface area contributed by atoms with E-state index in [9.17, 15) is 19.7 Å². The van der Waals surface area contributed by atoms with Crippen LogP contribution in [0.3, 0.4) is 0 Å². The van der Waals surface area contributed by atoms with E-state index >= 15 is 0 Å². The largest absolute Gasteiger partial charge is 0.465 e. The molecular formula is C18H24N2O6. The molecule has 1 aliphatic rings. The number of amides is 1. The summed E-state index contributed by atoms with van der Waals surface area (Å²) in [5, 5.41) is 11.0. The van der Waals surface area contributed by atoms with Crippen LogP contribution in [0.15, 0.2) is 18.2 Å². The Morgan fingerprint density at radius 3 is 2.35 bits per heavy atom. The number of nitro groups is 1. The van der Waals surface area contributed by atoms with Gasteiger partial charge >= 0.3 is 12.1 Å². The zero-order chi connectivity index (χ0) is 19.5. The molecule has 1 saturated heterocycles. The first-order valence-corrected chi connectivity index (χ1v) is 8.47. The zero-order valence-electron chi connectivity index (χ0n) is 15.5. The molecule has 142 valence electrons. The van der Waals surface area contributed by atoms with Gasteiger partial charge in [-0.1, -0.05) is 6.07 Å². The molecule has 0 aliphatic carbocycles. The predicted octanol–water partition coefficient (Wildman–Crippen LogP) is 3.50. The molecule has 0 saturated carbocycles. The Kier molecular flexibility index (Phi) is 5.84. The number of carbonyl (C=O) groups is 2. The van der Waals surface area contributed by atoms with Crippen LogP contribution in [0, 0.1) is 10.1 Å². The number of ether oxygens (including phenoxy) is 2. The highest BCUT2D eigenvalue weighted by atomic mass is 16.6. The number of nitrogens with zero attached hydrogens (tertiary/aromatic N) is 2. The third-order valence-corrected chi connectivity index (χ3v) is 4.24. The van der Waals surface area contributed by atoms with E-state index in [2.05, 4.69) is 0 Å². The molecule has 1 aliphatic heterocycles. The second-order valence-corrected chi connectivity index (χ2v) is 7.26. The normalized spacial score (nSPS) is 15.5. The van der Waals surface area contributed by atoms with Crippen molar-refractivity contribution in [2.75, 3.05) is 20.2 Å². The fraction of sp³-hybridized carbons (Fsp3) is 0.556. The van der Waals surface area contributed by atoms with E-state index in [-0.39, 0.29) is 23.3 Å². The summed E-state index contributed by atoms with van der Waals surface area (Å²) in [6.07, 6.45) is 0.926. The molecule has 1 amide bonds. The van der Waals surface area contributed by atoms with E-state index in [1.807, 2.05) is 20.8 Å². The lowest BCUT2D eigenvalue weighted by Crippen LogP contribution is -2.41. The van der Waals surface area contributed by atoms with E-state index in [0.29, 0.717) is 31.5 Å². The van der Waals surface area contributed by atoms with Crippen molar-refractivity contribution in [2.24, 2.45) is 0 Å². The molecule has 0 aromatic heterocycles. The van der Waals surface area contributed by atoms with E-state index in [1.54, 1.807) is 11.0 Å². The number of piperidine rings is 1. The molecular weight excluding hydrogens is 340 g/mol. The Balaban J connectivity index is 2.15. The summed E-state index contributed by atoms with van der Waals surface area (Å²) in [7, 11) is 1.25. The molecule has 0 radical (unpaired) electrons. The van der Waals surface area contributed by atoms with E-state index < -0.39 is 16.5 Å². The van der Waals surface area contributed by atoms with Crippen molar-refractivity contribution in [2.45, 2.75) is 45.1 Å². The monoisotopic (exact) mass is 364 g/mol. The highest BCUT2D eigenvalue weighted by molar-refractivity contribution is 5.92. The molecule has 1 aromatic carbocycles. The lowest BCUT2D eigenvalue weighted by Gasteiger charge is -2.34. The van der Waals surface area contributed by atoms with Gasteiger partial charge in [0.2, 0.25) is 0 Å². The molecule has 8 heteroatoms. The Hall–Kier alpha value is -2.64. The highest BCUT2D eigenvalue weighted by Crippen LogP contribution is 2.33. The molecule has 0 N–H and O–H groups in total. The highest BCUT2D eigenvalue weighted by Gasteiger charge is 2.30. The van der Waals surface area contributed by atoms with Crippen LogP contribution in [0.5, 0.6) is 0 Å². The van der Waals surface area contributed by atoms with E-state index in [0.717, 1.165) is 0 Å². The lowest BCUT2D eigenvalue weighted by molar-refractivity contribution is -0.384. The average molecular weight is 364 g/mol. The van der Waals surface area contributed by atoms with Gasteiger partial charge in [-0.15, -0.1) is 0 Å². The minimum absolute atomic E-state index is 0.0172. The molecule has 2 rings (SSSR count). The number of methoxy groups -OCH3 is 1. The smallest absolute Gasteiger partial charge is 0.410 e. The zero-order valence-corrected chi connectivity index (χ0v) is 15.5. The molecule has 0 bridgehead atoms. The number of nitro benzene ring substituents is 1. The second-order valence-electron chi connectivity index (χ2n) is 7.26. The van der Waals surface area contributed by atoms with Gasteiger partial charge in [-0.3, -0.25) is 10.1 Å². The van der Waals surface area contributed by atoms with E-state index in [1.165, 1.54) is 19.2 Å². The summed E-state index contributed by atoms with van der Waals surface area (Å²) in [4.78, 5) is 36.3. The maximum Gasteiger partial charge on any atom is 0.410 e. The number of non-ortho nitro benzene ring substituents is 1. The van der Waals surface area contributed by atoms with Gasteiger partial charge < -0.3 is 14.4 Å². The third-order valence-electron chi connectivity index (χ3n) is 4.24. The van der Waals surface area contributed by atoms with E-state index in [4.69, 9.17) is 9.47 Å². The van der Waals surface area contributed by atoms with Crippen molar-refractivity contribution in [1.82, 2.24) is 4.90 Å². The Morgan fingerprint density at radius 1 is 1.23 bits per heavy atom. The van der Waals surface area contributed by atoms with Crippen LogP contribution in [0.4, 0.5) is 10.5 Å². The molecule has 1 heterocycles. The van der Waals surface area contributed by atoms with Crippen molar-refractivity contribution in [3.8, 4) is 0 Å². The molecule has 1 fully saturated rings. The summed E-state index contributed by atoms with van der Waals surface area (Å²) >= 11 is 0. The van der Waals surface area contributed by atoms with Crippen LogP contribution in [0.2, 0.25) is 0 Å². The summed E-state index contributed by atoms with van der Waals surface area (Å²) < 4.78 is 10.1. The van der Waals surface area contributed by atoms with Crippen LogP contribution in [-0.4, -0.2) is 47.7 Å². The SMILES string of the molecule is COC(=O)c1cc([N+](=O)[O-])ccc1C1CCN(C(=O)OC(C)(C)C)CC1. The number of esters is 1. The minimum Gasteiger partial charge on any atom is -0.465 e. The summed E-state index contributed by atoms with van der Waals surface area (Å²) in [5.41, 5.74) is 0.216. The molecule has 0 spiro atoms. The van der Waals surface area contributed by atoms with Crippen molar-refractivity contribution in [3.05, 3.63) is 39.4 Å². The quantitative estimate of drug-likeness (QED) is 0.462. The average Bonchev–Trinajstić information content (AvgIpc) is 2.59. The molecule has 8 nitrogen and oxygen atoms in total. The molecule has 0 unspecified atom stereocenters. The van der Waals surface area contributed by atoms with Crippen molar-refractivity contribution < 1.29 is 24.0 Å². The first-order chi connectivity index (χ1) is 12.1. The summed E-state index contributed by atoms with van der Waals surface area (Å²) in [5.74, 6) is -0.582. The number of rotatable bonds is 3. The Labute approximate surface area is 152 Å².